The standard InChI is InChI=1S/C21H28N6O/c1-14-22-4-5-27(14)19-9-18(25-13-26-19)23-2-3-24-20(28)21-10-15-6-16(11-21)8-17(7-15)12-21/h4-5,9,13,15-17H,2-3,6-8,10-12H2,1H3,(H,24,28)(H,23,25,26). The summed E-state index contributed by atoms with van der Waals surface area (Å²) in [6.07, 6.45) is 12.6. The Kier molecular flexibility index (Phi) is 4.33. The van der Waals surface area contributed by atoms with Gasteiger partial charge >= 0.3 is 0 Å². The van der Waals surface area contributed by atoms with E-state index < -0.39 is 0 Å². The third kappa shape index (κ3) is 3.16. The SMILES string of the molecule is Cc1nccn1-c1cc(NCCNC(=O)C23CC4CC(CC(C4)C2)C3)ncn1. The van der Waals surface area contributed by atoms with Gasteiger partial charge in [0.15, 0.2) is 0 Å². The Labute approximate surface area is 165 Å². The average molecular weight is 380 g/mol. The van der Waals surface area contributed by atoms with Crippen molar-refractivity contribution in [3.05, 3.63) is 30.6 Å². The molecule has 0 spiro atoms. The van der Waals surface area contributed by atoms with Crippen molar-refractivity contribution in [3.63, 3.8) is 0 Å². The number of hydrogen-bond acceptors (Lipinski definition) is 5. The molecule has 2 heterocycles. The molecule has 4 aliphatic carbocycles. The highest BCUT2D eigenvalue weighted by atomic mass is 16.2. The van der Waals surface area contributed by atoms with Crippen molar-refractivity contribution in [2.45, 2.75) is 45.4 Å². The summed E-state index contributed by atoms with van der Waals surface area (Å²) in [7, 11) is 0. The maximum Gasteiger partial charge on any atom is 0.226 e. The molecule has 4 fully saturated rings. The number of nitrogens with one attached hydrogen (secondary N) is 2. The van der Waals surface area contributed by atoms with E-state index in [0.717, 1.165) is 54.5 Å². The lowest BCUT2D eigenvalue weighted by molar-refractivity contribution is -0.146. The summed E-state index contributed by atoms with van der Waals surface area (Å²) in [4.78, 5) is 25.8. The summed E-state index contributed by atoms with van der Waals surface area (Å²) in [6, 6.07) is 1.90. The zero-order chi connectivity index (χ0) is 19.1. The van der Waals surface area contributed by atoms with Gasteiger partial charge in [-0.1, -0.05) is 0 Å². The first-order chi connectivity index (χ1) is 13.6. The van der Waals surface area contributed by atoms with Crippen LogP contribution < -0.4 is 10.6 Å². The summed E-state index contributed by atoms with van der Waals surface area (Å²) in [5, 5.41) is 6.50. The highest BCUT2D eigenvalue weighted by Gasteiger charge is 2.54. The van der Waals surface area contributed by atoms with Crippen LogP contribution in [0, 0.1) is 30.1 Å². The van der Waals surface area contributed by atoms with Gasteiger partial charge in [-0.25, -0.2) is 15.0 Å². The van der Waals surface area contributed by atoms with E-state index in [1.165, 1.54) is 19.3 Å². The number of imidazole rings is 1. The van der Waals surface area contributed by atoms with E-state index in [1.807, 2.05) is 23.8 Å². The van der Waals surface area contributed by atoms with Crippen LogP contribution in [0.1, 0.15) is 44.3 Å². The van der Waals surface area contributed by atoms with Crippen LogP contribution in [0.15, 0.2) is 24.8 Å². The first kappa shape index (κ1) is 17.6. The minimum absolute atomic E-state index is 0.0736. The third-order valence-electron chi connectivity index (χ3n) is 6.96. The molecular formula is C21H28N6O. The van der Waals surface area contributed by atoms with Crippen LogP contribution in [0.25, 0.3) is 5.82 Å². The Bertz CT molecular complexity index is 840. The van der Waals surface area contributed by atoms with Crippen molar-refractivity contribution in [3.8, 4) is 5.82 Å². The van der Waals surface area contributed by atoms with Crippen LogP contribution in [-0.4, -0.2) is 38.5 Å². The molecule has 0 saturated heterocycles. The van der Waals surface area contributed by atoms with Gasteiger partial charge in [-0.3, -0.25) is 9.36 Å². The molecule has 0 radical (unpaired) electrons. The minimum atomic E-state index is -0.0736. The Hall–Kier alpha value is -2.44. The Morgan fingerprint density at radius 3 is 2.46 bits per heavy atom. The Morgan fingerprint density at radius 1 is 1.11 bits per heavy atom. The van der Waals surface area contributed by atoms with Crippen molar-refractivity contribution in [2.75, 3.05) is 18.4 Å². The van der Waals surface area contributed by atoms with E-state index in [1.54, 1.807) is 12.5 Å². The monoisotopic (exact) mass is 380 g/mol. The van der Waals surface area contributed by atoms with Crippen LogP contribution in [0.5, 0.6) is 0 Å². The van der Waals surface area contributed by atoms with Crippen molar-refractivity contribution < 1.29 is 4.79 Å². The largest absolute Gasteiger partial charge is 0.368 e. The number of aryl methyl sites for hydroxylation is 1. The number of hydrogen-bond donors (Lipinski definition) is 2. The molecule has 4 aliphatic rings. The van der Waals surface area contributed by atoms with E-state index in [4.69, 9.17) is 0 Å². The fourth-order valence-corrected chi connectivity index (χ4v) is 6.14. The second-order valence-electron chi connectivity index (χ2n) is 8.99. The maximum absolute atomic E-state index is 13.0. The lowest BCUT2D eigenvalue weighted by atomic mass is 9.49. The number of nitrogens with zero attached hydrogens (tertiary/aromatic N) is 4. The first-order valence-electron chi connectivity index (χ1n) is 10.5. The van der Waals surface area contributed by atoms with Gasteiger partial charge in [0.1, 0.15) is 23.8 Å². The summed E-state index contributed by atoms with van der Waals surface area (Å²) in [6.45, 7) is 3.21. The van der Waals surface area contributed by atoms with E-state index in [2.05, 4.69) is 25.6 Å². The quantitative estimate of drug-likeness (QED) is 0.753. The molecule has 0 atom stereocenters. The fraction of sp³-hybridized carbons (Fsp3) is 0.619. The molecular weight excluding hydrogens is 352 g/mol. The average Bonchev–Trinajstić information content (AvgIpc) is 3.10. The van der Waals surface area contributed by atoms with Gasteiger partial charge in [0.25, 0.3) is 0 Å². The molecule has 0 aliphatic heterocycles. The first-order valence-corrected chi connectivity index (χ1v) is 10.5. The normalized spacial score (nSPS) is 30.4. The van der Waals surface area contributed by atoms with Gasteiger partial charge < -0.3 is 10.6 Å². The molecule has 28 heavy (non-hydrogen) atoms. The van der Waals surface area contributed by atoms with E-state index >= 15 is 0 Å². The summed E-state index contributed by atoms with van der Waals surface area (Å²) < 4.78 is 1.92. The van der Waals surface area contributed by atoms with Crippen LogP contribution in [0.3, 0.4) is 0 Å². The number of anilines is 1. The highest BCUT2D eigenvalue weighted by Crippen LogP contribution is 2.60. The van der Waals surface area contributed by atoms with E-state index in [9.17, 15) is 4.79 Å². The van der Waals surface area contributed by atoms with Crippen molar-refractivity contribution >= 4 is 11.7 Å². The number of amides is 1. The second-order valence-corrected chi connectivity index (χ2v) is 8.99. The van der Waals surface area contributed by atoms with Crippen molar-refractivity contribution in [2.24, 2.45) is 23.2 Å². The Morgan fingerprint density at radius 2 is 1.82 bits per heavy atom. The summed E-state index contributed by atoms with van der Waals surface area (Å²) >= 11 is 0. The molecule has 0 aromatic carbocycles. The molecule has 6 rings (SSSR count). The second kappa shape index (κ2) is 6.87. The zero-order valence-electron chi connectivity index (χ0n) is 16.4. The van der Waals surface area contributed by atoms with Crippen molar-refractivity contribution in [1.82, 2.24) is 24.8 Å². The molecule has 4 saturated carbocycles. The molecule has 2 aromatic rings. The predicted molar refractivity (Wildman–Crippen MR) is 106 cm³/mol. The van der Waals surface area contributed by atoms with Gasteiger partial charge in [0.05, 0.1) is 0 Å². The molecule has 0 unspecified atom stereocenters. The molecule has 148 valence electrons. The summed E-state index contributed by atoms with van der Waals surface area (Å²) in [5.74, 6) is 5.08. The van der Waals surface area contributed by atoms with Crippen LogP contribution >= 0.6 is 0 Å². The van der Waals surface area contributed by atoms with Gasteiger partial charge in [-0.15, -0.1) is 0 Å². The number of carbonyl (C=O) groups excluding carboxylic acids is 1. The molecule has 4 bridgehead atoms. The van der Waals surface area contributed by atoms with Crippen LogP contribution in [-0.2, 0) is 4.79 Å². The topological polar surface area (TPSA) is 84.7 Å². The fourth-order valence-electron chi connectivity index (χ4n) is 6.14. The van der Waals surface area contributed by atoms with Crippen LogP contribution in [0.2, 0.25) is 0 Å². The molecule has 2 aromatic heterocycles. The van der Waals surface area contributed by atoms with E-state index in [0.29, 0.717) is 13.1 Å². The number of carbonyl (C=O) groups is 1. The van der Waals surface area contributed by atoms with Crippen LogP contribution in [0.4, 0.5) is 5.82 Å². The maximum atomic E-state index is 13.0. The lowest BCUT2D eigenvalue weighted by Crippen LogP contribution is -2.54. The summed E-state index contributed by atoms with van der Waals surface area (Å²) in [5.41, 5.74) is -0.0736. The molecule has 7 nitrogen and oxygen atoms in total. The van der Waals surface area contributed by atoms with Crippen molar-refractivity contribution in [1.29, 1.82) is 0 Å². The Balaban J connectivity index is 1.15. The lowest BCUT2D eigenvalue weighted by Gasteiger charge is -2.55. The third-order valence-corrected chi connectivity index (χ3v) is 6.96. The van der Waals surface area contributed by atoms with E-state index in [-0.39, 0.29) is 11.3 Å². The zero-order valence-corrected chi connectivity index (χ0v) is 16.4. The smallest absolute Gasteiger partial charge is 0.226 e. The minimum Gasteiger partial charge on any atom is -0.368 e. The number of rotatable bonds is 6. The highest BCUT2D eigenvalue weighted by molar-refractivity contribution is 5.83. The molecule has 1 amide bonds. The van der Waals surface area contributed by atoms with Gasteiger partial charge in [0, 0.05) is 37.0 Å². The molecule has 2 N–H and O–H groups in total. The van der Waals surface area contributed by atoms with Gasteiger partial charge in [0.2, 0.25) is 5.91 Å². The van der Waals surface area contributed by atoms with Gasteiger partial charge in [-0.05, 0) is 63.2 Å². The van der Waals surface area contributed by atoms with Gasteiger partial charge in [-0.2, -0.15) is 0 Å². The number of aromatic nitrogens is 4. The predicted octanol–water partition coefficient (Wildman–Crippen LogP) is 2.72. The molecule has 7 heteroatoms.